The number of carbonyl (C=O) groups excluding carboxylic acids is 1. The molecule has 1 N–H and O–H groups in total. The van der Waals surface area contributed by atoms with Crippen molar-refractivity contribution in [3.05, 3.63) is 64.2 Å². The van der Waals surface area contributed by atoms with Crippen molar-refractivity contribution in [2.24, 2.45) is 5.92 Å². The Balaban J connectivity index is 1.74. The summed E-state index contributed by atoms with van der Waals surface area (Å²) in [5.41, 5.74) is 2.86. The maximum absolute atomic E-state index is 13.4. The maximum atomic E-state index is 13.4. The number of hydrogen-bond acceptors (Lipinski definition) is 4. The van der Waals surface area contributed by atoms with Gasteiger partial charge in [-0.2, -0.15) is 0 Å². The van der Waals surface area contributed by atoms with E-state index in [1.165, 1.54) is 0 Å². The molecule has 3 atom stereocenters. The molecule has 158 valence electrons. The van der Waals surface area contributed by atoms with Gasteiger partial charge in [-0.3, -0.25) is 4.79 Å². The Kier molecular flexibility index (Phi) is 5.97. The minimum atomic E-state index is -1.06. The normalized spacial score (nSPS) is 22.3. The number of rotatable bonds is 7. The molecule has 1 aliphatic carbocycles. The summed E-state index contributed by atoms with van der Waals surface area (Å²) in [4.78, 5) is 26.3. The zero-order valence-corrected chi connectivity index (χ0v) is 17.5. The molecule has 7 heteroatoms. The topological polar surface area (TPSA) is 76.1 Å². The van der Waals surface area contributed by atoms with Crippen molar-refractivity contribution in [1.82, 2.24) is 4.90 Å². The van der Waals surface area contributed by atoms with Gasteiger partial charge < -0.3 is 19.5 Å². The number of halogens is 1. The van der Waals surface area contributed by atoms with Crippen LogP contribution in [-0.2, 0) is 20.7 Å². The van der Waals surface area contributed by atoms with E-state index >= 15 is 0 Å². The molecule has 0 radical (unpaired) electrons. The van der Waals surface area contributed by atoms with Gasteiger partial charge in [-0.05, 0) is 49.1 Å². The number of carboxylic acids is 1. The van der Waals surface area contributed by atoms with Gasteiger partial charge in [0.25, 0.3) is 0 Å². The van der Waals surface area contributed by atoms with E-state index in [2.05, 4.69) is 6.07 Å². The van der Waals surface area contributed by atoms with Crippen LogP contribution in [0.5, 0.6) is 5.75 Å². The Labute approximate surface area is 180 Å². The van der Waals surface area contributed by atoms with E-state index in [0.29, 0.717) is 29.5 Å². The molecule has 1 fully saturated rings. The summed E-state index contributed by atoms with van der Waals surface area (Å²) in [6, 6.07) is 12.7. The van der Waals surface area contributed by atoms with Gasteiger partial charge in [-0.25, -0.2) is 4.79 Å². The second-order valence-corrected chi connectivity index (χ2v) is 8.02. The van der Waals surface area contributed by atoms with Gasteiger partial charge >= 0.3 is 5.97 Å². The van der Waals surface area contributed by atoms with Crippen molar-refractivity contribution in [2.75, 3.05) is 19.8 Å². The minimum absolute atomic E-state index is 0.0255. The highest BCUT2D eigenvalue weighted by atomic mass is 35.5. The van der Waals surface area contributed by atoms with Crippen molar-refractivity contribution in [2.45, 2.75) is 31.9 Å². The number of ether oxygens (including phenoxy) is 2. The first-order valence-electron chi connectivity index (χ1n) is 10.1. The lowest BCUT2D eigenvalue weighted by atomic mass is 9.87. The predicted octanol–water partition coefficient (Wildman–Crippen LogP) is 3.70. The number of amides is 1. The van der Waals surface area contributed by atoms with Crippen LogP contribution in [0.25, 0.3) is 0 Å². The first kappa shape index (κ1) is 20.7. The molecule has 4 rings (SSSR count). The Morgan fingerprint density at radius 1 is 1.20 bits per heavy atom. The molecule has 0 bridgehead atoms. The summed E-state index contributed by atoms with van der Waals surface area (Å²) in [7, 11) is 0. The molecule has 2 aromatic carbocycles. The van der Waals surface area contributed by atoms with Crippen molar-refractivity contribution < 1.29 is 24.2 Å². The summed E-state index contributed by atoms with van der Waals surface area (Å²) < 4.78 is 11.2. The van der Waals surface area contributed by atoms with E-state index < -0.39 is 18.6 Å². The second-order valence-electron chi connectivity index (χ2n) is 7.58. The molecule has 0 saturated heterocycles. The molecule has 1 saturated carbocycles. The minimum Gasteiger partial charge on any atom is -0.482 e. The average molecular weight is 430 g/mol. The quantitative estimate of drug-likeness (QED) is 0.726. The van der Waals surface area contributed by atoms with E-state index in [9.17, 15) is 9.59 Å². The number of benzene rings is 2. The van der Waals surface area contributed by atoms with Crippen LogP contribution in [0.15, 0.2) is 42.5 Å². The van der Waals surface area contributed by atoms with E-state index in [-0.39, 0.29) is 17.9 Å². The van der Waals surface area contributed by atoms with Gasteiger partial charge in [0, 0.05) is 23.7 Å². The molecule has 30 heavy (non-hydrogen) atoms. The van der Waals surface area contributed by atoms with Crippen LogP contribution in [-0.4, -0.2) is 47.7 Å². The molecule has 1 amide bonds. The van der Waals surface area contributed by atoms with Gasteiger partial charge in [-0.1, -0.05) is 35.9 Å². The number of carboxylic acid groups (broad SMARTS) is 1. The van der Waals surface area contributed by atoms with E-state index in [1.54, 1.807) is 18.2 Å². The van der Waals surface area contributed by atoms with Crippen molar-refractivity contribution in [1.29, 1.82) is 0 Å². The van der Waals surface area contributed by atoms with Crippen LogP contribution >= 0.6 is 11.6 Å². The highest BCUT2D eigenvalue weighted by Gasteiger charge is 2.48. The Bertz CT molecular complexity index is 962. The number of aliphatic carboxylic acids is 1. The largest absolute Gasteiger partial charge is 0.482 e. The SMILES string of the molecule is CCO[C@@H]1C[C@H]1C(=O)N1CCc2ccccc2[C@H]1c1cc(Cl)ccc1OCC(=O)O. The number of carbonyl (C=O) groups is 2. The van der Waals surface area contributed by atoms with Gasteiger partial charge in [-0.15, -0.1) is 0 Å². The van der Waals surface area contributed by atoms with Crippen molar-refractivity contribution in [3.63, 3.8) is 0 Å². The molecule has 1 aliphatic heterocycles. The Morgan fingerprint density at radius 3 is 2.77 bits per heavy atom. The third-order valence-electron chi connectivity index (χ3n) is 5.61. The van der Waals surface area contributed by atoms with E-state index in [1.807, 2.05) is 30.0 Å². The highest BCUT2D eigenvalue weighted by molar-refractivity contribution is 6.30. The summed E-state index contributed by atoms with van der Waals surface area (Å²) in [5, 5.41) is 9.56. The fourth-order valence-corrected chi connectivity index (χ4v) is 4.37. The highest BCUT2D eigenvalue weighted by Crippen LogP contribution is 2.44. The zero-order chi connectivity index (χ0) is 21.3. The van der Waals surface area contributed by atoms with Gasteiger partial charge in [0.1, 0.15) is 5.75 Å². The fourth-order valence-electron chi connectivity index (χ4n) is 4.19. The Morgan fingerprint density at radius 2 is 2.00 bits per heavy atom. The van der Waals surface area contributed by atoms with Crippen LogP contribution in [0.3, 0.4) is 0 Å². The number of fused-ring (bicyclic) bond motifs is 1. The van der Waals surface area contributed by atoms with Crippen LogP contribution < -0.4 is 4.74 Å². The average Bonchev–Trinajstić information content (AvgIpc) is 3.51. The monoisotopic (exact) mass is 429 g/mol. The Hall–Kier alpha value is -2.57. The summed E-state index contributed by atoms with van der Waals surface area (Å²) in [6.45, 7) is 2.62. The van der Waals surface area contributed by atoms with Gasteiger partial charge in [0.2, 0.25) is 5.91 Å². The third kappa shape index (κ3) is 4.16. The predicted molar refractivity (Wildman–Crippen MR) is 112 cm³/mol. The van der Waals surface area contributed by atoms with Crippen LogP contribution in [0.4, 0.5) is 0 Å². The number of hydrogen-bond donors (Lipinski definition) is 1. The number of nitrogens with zero attached hydrogens (tertiary/aromatic N) is 1. The van der Waals surface area contributed by atoms with Crippen molar-refractivity contribution in [3.8, 4) is 5.75 Å². The summed E-state index contributed by atoms with van der Waals surface area (Å²) in [5.74, 6) is -0.735. The first-order valence-corrected chi connectivity index (χ1v) is 10.5. The molecule has 0 spiro atoms. The molecule has 2 aliphatic rings. The molecular weight excluding hydrogens is 406 g/mol. The van der Waals surface area contributed by atoms with Gasteiger partial charge in [0.15, 0.2) is 6.61 Å². The lowest BCUT2D eigenvalue weighted by Crippen LogP contribution is -2.42. The lowest BCUT2D eigenvalue weighted by molar-refractivity contribution is -0.139. The molecular formula is C23H24ClNO5. The van der Waals surface area contributed by atoms with Crippen molar-refractivity contribution >= 4 is 23.5 Å². The zero-order valence-electron chi connectivity index (χ0n) is 16.7. The van der Waals surface area contributed by atoms with Crippen LogP contribution in [0, 0.1) is 5.92 Å². The third-order valence-corrected chi connectivity index (χ3v) is 5.85. The van der Waals surface area contributed by atoms with Crippen LogP contribution in [0.1, 0.15) is 36.1 Å². The molecule has 0 aromatic heterocycles. The van der Waals surface area contributed by atoms with E-state index in [0.717, 1.165) is 24.0 Å². The fraction of sp³-hybridized carbons (Fsp3) is 0.391. The summed E-state index contributed by atoms with van der Waals surface area (Å²) in [6.07, 6.45) is 1.47. The summed E-state index contributed by atoms with van der Waals surface area (Å²) >= 11 is 6.30. The smallest absolute Gasteiger partial charge is 0.341 e. The second kappa shape index (κ2) is 8.66. The standard InChI is InChI=1S/C23H24ClNO5/c1-2-29-20-12-18(20)23(28)25-10-9-14-5-3-4-6-16(14)22(25)17-11-15(24)7-8-19(17)30-13-21(26)27/h3-8,11,18,20,22H,2,9-10,12-13H2,1H3,(H,26,27)/t18-,20-,22+/m1/s1. The molecule has 0 unspecified atom stereocenters. The molecule has 1 heterocycles. The molecule has 2 aromatic rings. The van der Waals surface area contributed by atoms with E-state index in [4.69, 9.17) is 26.2 Å². The first-order chi connectivity index (χ1) is 14.5. The maximum Gasteiger partial charge on any atom is 0.341 e. The lowest BCUT2D eigenvalue weighted by Gasteiger charge is -2.38. The van der Waals surface area contributed by atoms with Gasteiger partial charge in [0.05, 0.1) is 18.1 Å². The molecule has 6 nitrogen and oxygen atoms in total. The van der Waals surface area contributed by atoms with Crippen LogP contribution in [0.2, 0.25) is 5.02 Å².